The van der Waals surface area contributed by atoms with Gasteiger partial charge in [-0.25, -0.2) is 8.42 Å². The summed E-state index contributed by atoms with van der Waals surface area (Å²) in [6.45, 7) is 5.97. The monoisotopic (exact) mass is 395 g/mol. The molecule has 0 fully saturated rings. The zero-order valence-corrected chi connectivity index (χ0v) is 16.8. The summed E-state index contributed by atoms with van der Waals surface area (Å²) in [6, 6.07) is 7.30. The summed E-state index contributed by atoms with van der Waals surface area (Å²) < 4.78 is 36.6. The number of aromatic nitrogens is 1. The van der Waals surface area contributed by atoms with Crippen LogP contribution in [0.1, 0.15) is 23.9 Å². The van der Waals surface area contributed by atoms with Crippen molar-refractivity contribution >= 4 is 15.9 Å². The lowest BCUT2D eigenvalue weighted by atomic mass is 10.1. The summed E-state index contributed by atoms with van der Waals surface area (Å²) in [5, 5.41) is 6.41. The average Bonchev–Trinajstić information content (AvgIpc) is 2.96. The van der Waals surface area contributed by atoms with E-state index >= 15 is 0 Å². The molecule has 0 bridgehead atoms. The van der Waals surface area contributed by atoms with Crippen LogP contribution in [0.5, 0.6) is 5.75 Å². The second-order valence-corrected chi connectivity index (χ2v) is 8.07. The number of hydrogen-bond acceptors (Lipinski definition) is 6. The standard InChI is InChI=1S/C18H25N3O5S/c1-5-25-16-8-6-15(7-9-16)12-17(22)19-10-11-21(4)27(23,24)18-13(2)20-26-14(18)3/h6-9H,5,10-12H2,1-4H3,(H,19,22). The molecule has 2 aromatic rings. The Bertz CT molecular complexity index is 855. The Labute approximate surface area is 159 Å². The molecule has 8 nitrogen and oxygen atoms in total. The molecule has 1 amide bonds. The molecule has 0 saturated carbocycles. The highest BCUT2D eigenvalue weighted by molar-refractivity contribution is 7.89. The van der Waals surface area contributed by atoms with Gasteiger partial charge in [0.15, 0.2) is 5.76 Å². The summed E-state index contributed by atoms with van der Waals surface area (Å²) in [5.41, 5.74) is 1.17. The molecule has 1 aromatic heterocycles. The van der Waals surface area contributed by atoms with Crippen molar-refractivity contribution in [3.05, 3.63) is 41.3 Å². The third-order valence-electron chi connectivity index (χ3n) is 3.98. The second kappa shape index (κ2) is 9.01. The Morgan fingerprint density at radius 1 is 1.26 bits per heavy atom. The van der Waals surface area contributed by atoms with Crippen molar-refractivity contribution in [3.63, 3.8) is 0 Å². The van der Waals surface area contributed by atoms with Crippen molar-refractivity contribution in [1.29, 1.82) is 0 Å². The number of ether oxygens (including phenoxy) is 1. The number of carbonyl (C=O) groups excluding carboxylic acids is 1. The van der Waals surface area contributed by atoms with E-state index in [1.165, 1.54) is 11.4 Å². The van der Waals surface area contributed by atoms with Crippen LogP contribution >= 0.6 is 0 Å². The topological polar surface area (TPSA) is 102 Å². The number of aryl methyl sites for hydroxylation is 2. The smallest absolute Gasteiger partial charge is 0.248 e. The predicted molar refractivity (Wildman–Crippen MR) is 100 cm³/mol. The minimum absolute atomic E-state index is 0.0747. The van der Waals surface area contributed by atoms with Crippen molar-refractivity contribution in [2.24, 2.45) is 0 Å². The summed E-state index contributed by atoms with van der Waals surface area (Å²) in [5.74, 6) is 0.828. The van der Waals surface area contributed by atoms with Gasteiger partial charge < -0.3 is 14.6 Å². The molecule has 9 heteroatoms. The number of rotatable bonds is 9. The van der Waals surface area contributed by atoms with E-state index in [9.17, 15) is 13.2 Å². The highest BCUT2D eigenvalue weighted by Gasteiger charge is 2.28. The van der Waals surface area contributed by atoms with Crippen molar-refractivity contribution in [1.82, 2.24) is 14.8 Å². The number of nitrogens with zero attached hydrogens (tertiary/aromatic N) is 2. The van der Waals surface area contributed by atoms with Crippen LogP contribution in [0.25, 0.3) is 0 Å². The molecule has 0 unspecified atom stereocenters. The number of benzene rings is 1. The van der Waals surface area contributed by atoms with Crippen molar-refractivity contribution in [2.75, 3.05) is 26.7 Å². The summed E-state index contributed by atoms with van der Waals surface area (Å²) in [6.07, 6.45) is 0.215. The molecule has 0 atom stereocenters. The van der Waals surface area contributed by atoms with Crippen molar-refractivity contribution < 1.29 is 22.5 Å². The van der Waals surface area contributed by atoms with Gasteiger partial charge in [0.2, 0.25) is 15.9 Å². The van der Waals surface area contributed by atoms with Crippen molar-refractivity contribution in [2.45, 2.75) is 32.1 Å². The summed E-state index contributed by atoms with van der Waals surface area (Å²) in [4.78, 5) is 12.1. The molecule has 0 aliphatic heterocycles. The molecule has 0 saturated heterocycles. The number of amides is 1. The highest BCUT2D eigenvalue weighted by atomic mass is 32.2. The lowest BCUT2D eigenvalue weighted by molar-refractivity contribution is -0.120. The van der Waals surface area contributed by atoms with Crippen LogP contribution in [0.2, 0.25) is 0 Å². The highest BCUT2D eigenvalue weighted by Crippen LogP contribution is 2.21. The number of carbonyl (C=O) groups is 1. The first kappa shape index (κ1) is 20.9. The third-order valence-corrected chi connectivity index (χ3v) is 6.09. The minimum Gasteiger partial charge on any atom is -0.494 e. The molecule has 0 aliphatic carbocycles. The molecule has 0 aliphatic rings. The van der Waals surface area contributed by atoms with E-state index < -0.39 is 10.0 Å². The first-order valence-electron chi connectivity index (χ1n) is 8.63. The van der Waals surface area contributed by atoms with Crippen LogP contribution in [0, 0.1) is 13.8 Å². The van der Waals surface area contributed by atoms with E-state index in [2.05, 4.69) is 10.5 Å². The van der Waals surface area contributed by atoms with E-state index in [0.29, 0.717) is 12.3 Å². The Balaban J connectivity index is 1.85. The van der Waals surface area contributed by atoms with Gasteiger partial charge in [0, 0.05) is 20.1 Å². The fourth-order valence-corrected chi connectivity index (χ4v) is 4.04. The van der Waals surface area contributed by atoms with Gasteiger partial charge in [-0.1, -0.05) is 17.3 Å². The fraction of sp³-hybridized carbons (Fsp3) is 0.444. The minimum atomic E-state index is -3.71. The molecule has 1 N–H and O–H groups in total. The Kier molecular flexibility index (Phi) is 6.98. The zero-order chi connectivity index (χ0) is 20.0. The van der Waals surface area contributed by atoms with Crippen LogP contribution in [0.15, 0.2) is 33.7 Å². The Morgan fingerprint density at radius 3 is 2.48 bits per heavy atom. The first-order chi connectivity index (χ1) is 12.8. The van der Waals surface area contributed by atoms with Crippen LogP contribution in [-0.4, -0.2) is 50.5 Å². The lowest BCUT2D eigenvalue weighted by Crippen LogP contribution is -2.37. The van der Waals surface area contributed by atoms with Gasteiger partial charge in [-0.3, -0.25) is 4.79 Å². The maximum atomic E-state index is 12.6. The zero-order valence-electron chi connectivity index (χ0n) is 16.0. The Morgan fingerprint density at radius 2 is 1.93 bits per heavy atom. The maximum absolute atomic E-state index is 12.6. The van der Waals surface area contributed by atoms with Crippen LogP contribution < -0.4 is 10.1 Å². The van der Waals surface area contributed by atoms with Gasteiger partial charge in [0.1, 0.15) is 16.3 Å². The molecular weight excluding hydrogens is 370 g/mol. The maximum Gasteiger partial charge on any atom is 0.248 e. The molecule has 148 valence electrons. The summed E-state index contributed by atoms with van der Waals surface area (Å²) in [7, 11) is -2.25. The number of nitrogens with one attached hydrogen (secondary N) is 1. The van der Waals surface area contributed by atoms with Crippen LogP contribution in [-0.2, 0) is 21.2 Å². The van der Waals surface area contributed by atoms with E-state index in [1.54, 1.807) is 13.8 Å². The van der Waals surface area contributed by atoms with Gasteiger partial charge >= 0.3 is 0 Å². The summed E-state index contributed by atoms with van der Waals surface area (Å²) >= 11 is 0. The largest absolute Gasteiger partial charge is 0.494 e. The van der Waals surface area contributed by atoms with Crippen molar-refractivity contribution in [3.8, 4) is 5.75 Å². The lowest BCUT2D eigenvalue weighted by Gasteiger charge is -2.17. The quantitative estimate of drug-likeness (QED) is 0.693. The molecule has 0 radical (unpaired) electrons. The van der Waals surface area contributed by atoms with E-state index in [0.717, 1.165) is 11.3 Å². The average molecular weight is 395 g/mol. The molecule has 1 aromatic carbocycles. The second-order valence-electron chi connectivity index (χ2n) is 6.08. The third kappa shape index (κ3) is 5.30. The molecule has 0 spiro atoms. The Hall–Kier alpha value is -2.39. The van der Waals surface area contributed by atoms with Gasteiger partial charge in [0.25, 0.3) is 0 Å². The fourth-order valence-electron chi connectivity index (χ4n) is 2.59. The van der Waals surface area contributed by atoms with Crippen LogP contribution in [0.3, 0.4) is 0 Å². The molecule has 1 heterocycles. The molecule has 2 rings (SSSR count). The van der Waals surface area contributed by atoms with Gasteiger partial charge in [-0.2, -0.15) is 4.31 Å². The van der Waals surface area contributed by atoms with E-state index in [1.807, 2.05) is 31.2 Å². The van der Waals surface area contributed by atoms with Gasteiger partial charge in [-0.15, -0.1) is 0 Å². The normalized spacial score (nSPS) is 11.6. The van der Waals surface area contributed by atoms with E-state index in [4.69, 9.17) is 9.26 Å². The van der Waals surface area contributed by atoms with Gasteiger partial charge in [-0.05, 0) is 38.5 Å². The predicted octanol–water partition coefficient (Wildman–Crippen LogP) is 1.67. The number of hydrogen-bond donors (Lipinski definition) is 1. The first-order valence-corrected chi connectivity index (χ1v) is 10.1. The number of likely N-dealkylation sites (N-methyl/N-ethyl adjacent to an activating group) is 1. The molecule has 27 heavy (non-hydrogen) atoms. The van der Waals surface area contributed by atoms with Crippen LogP contribution in [0.4, 0.5) is 0 Å². The SMILES string of the molecule is CCOc1ccc(CC(=O)NCCN(C)S(=O)(=O)c2c(C)noc2C)cc1. The molecular formula is C18H25N3O5S. The number of sulfonamides is 1. The van der Waals surface area contributed by atoms with Gasteiger partial charge in [0.05, 0.1) is 13.0 Å². The van der Waals surface area contributed by atoms with E-state index in [-0.39, 0.29) is 36.1 Å².